The van der Waals surface area contributed by atoms with Crippen LogP contribution in [0.15, 0.2) is 35.8 Å². The van der Waals surface area contributed by atoms with Crippen LogP contribution in [0.25, 0.3) is 11.4 Å². The van der Waals surface area contributed by atoms with E-state index < -0.39 is 59.5 Å². The summed E-state index contributed by atoms with van der Waals surface area (Å²) >= 11 is 13.2. The van der Waals surface area contributed by atoms with Crippen molar-refractivity contribution in [1.29, 1.82) is 0 Å². The Balaban J connectivity index is 1.59. The summed E-state index contributed by atoms with van der Waals surface area (Å²) in [5, 5.41) is 19.1. The Morgan fingerprint density at radius 1 is 1.38 bits per heavy atom. The van der Waals surface area contributed by atoms with Gasteiger partial charge in [0.05, 0.1) is 35.2 Å². The van der Waals surface area contributed by atoms with Gasteiger partial charge in [-0.2, -0.15) is 23.8 Å². The summed E-state index contributed by atoms with van der Waals surface area (Å²) in [4.78, 5) is 21.7. The molecule has 2 fully saturated rings. The van der Waals surface area contributed by atoms with E-state index in [2.05, 4.69) is 20.9 Å². The van der Waals surface area contributed by atoms with Gasteiger partial charge in [-0.15, -0.1) is 11.3 Å². The number of hydroxylamine groups is 1. The lowest BCUT2D eigenvalue weighted by molar-refractivity contribution is -0.182. The number of hydrogen-bond donors (Lipinski definition) is 4. The van der Waals surface area contributed by atoms with E-state index >= 15 is 0 Å². The van der Waals surface area contributed by atoms with Gasteiger partial charge < -0.3 is 25.6 Å². The molecule has 5 rings (SSSR count). The highest BCUT2D eigenvalue weighted by Crippen LogP contribution is 2.40. The Kier molecular flexibility index (Phi) is 7.98. The number of carbonyl (C=O) groups is 1. The van der Waals surface area contributed by atoms with E-state index in [0.29, 0.717) is 5.01 Å². The van der Waals surface area contributed by atoms with Crippen molar-refractivity contribution in [2.24, 2.45) is 5.73 Å². The predicted molar refractivity (Wildman–Crippen MR) is 138 cm³/mol. The van der Waals surface area contributed by atoms with Crippen molar-refractivity contribution in [1.82, 2.24) is 25.6 Å². The minimum atomic E-state index is -4.79. The van der Waals surface area contributed by atoms with Gasteiger partial charge in [-0.25, -0.2) is 14.5 Å². The van der Waals surface area contributed by atoms with Crippen molar-refractivity contribution in [2.45, 2.75) is 36.6 Å². The lowest BCUT2D eigenvalue weighted by atomic mass is 9.90. The van der Waals surface area contributed by atoms with E-state index in [1.165, 1.54) is 24.6 Å². The molecule has 0 aliphatic carbocycles. The summed E-state index contributed by atoms with van der Waals surface area (Å²) in [6.45, 7) is 0.238. The van der Waals surface area contributed by atoms with Crippen molar-refractivity contribution >= 4 is 46.2 Å². The van der Waals surface area contributed by atoms with Crippen LogP contribution in [0.2, 0.25) is 10.2 Å². The number of fused-ring (bicyclic) bond motifs is 1. The monoisotopic (exact) mass is 620 g/mol. The fourth-order valence-electron chi connectivity index (χ4n) is 4.64. The number of halogens is 5. The zero-order valence-corrected chi connectivity index (χ0v) is 22.7. The largest absolute Gasteiger partial charge is 0.476 e. The molecule has 2 saturated heterocycles. The van der Waals surface area contributed by atoms with Crippen molar-refractivity contribution < 1.29 is 37.4 Å². The van der Waals surface area contributed by atoms with E-state index in [0.717, 1.165) is 28.9 Å². The summed E-state index contributed by atoms with van der Waals surface area (Å²) in [6, 6.07) is 3.41. The Morgan fingerprint density at radius 2 is 2.15 bits per heavy atom. The SMILES string of the molecule is COC1C(c2cc(C(=O)O)nn2-c2cc(Cl)ccc2C(F)(F)F)OC2CNOC2C1N/C=C(\N)c1nc(Cl)cs1. The van der Waals surface area contributed by atoms with Crippen LogP contribution in [0, 0.1) is 0 Å². The molecule has 0 radical (unpaired) electrons. The number of aromatic carboxylic acids is 1. The standard InChI is InChI=1S/C23H21Cl2F3N6O5S/c1-37-20-17(30-6-11(29)21-32-16(25)8-40-21)19-15(7-31-39-19)38-18(20)14-5-12(22(35)36)33-34(14)13-4-9(24)2-3-10(13)23(26,27)28/h2-6,8,15,17-20,30-31H,7,29H2,1H3,(H,35,36)/b11-6-. The first-order chi connectivity index (χ1) is 19.0. The Hall–Kier alpha value is -2.92. The third-order valence-electron chi connectivity index (χ3n) is 6.37. The maximum atomic E-state index is 14.0. The molecule has 0 spiro atoms. The van der Waals surface area contributed by atoms with Gasteiger partial charge in [0.2, 0.25) is 0 Å². The van der Waals surface area contributed by atoms with E-state index in [1.54, 1.807) is 5.38 Å². The van der Waals surface area contributed by atoms with Gasteiger partial charge >= 0.3 is 12.1 Å². The van der Waals surface area contributed by atoms with Crippen LogP contribution < -0.4 is 16.5 Å². The first-order valence-corrected chi connectivity index (χ1v) is 13.2. The summed E-state index contributed by atoms with van der Waals surface area (Å²) in [5.74, 6) is -1.45. The van der Waals surface area contributed by atoms with Crippen molar-refractivity contribution in [3.05, 3.63) is 68.0 Å². The molecule has 2 aliphatic heterocycles. The molecule has 5 N–H and O–H groups in total. The highest BCUT2D eigenvalue weighted by Gasteiger charge is 2.51. The molecule has 4 heterocycles. The van der Waals surface area contributed by atoms with E-state index in [-0.39, 0.29) is 28.1 Å². The minimum absolute atomic E-state index is 0.00202. The molecule has 5 atom stereocenters. The van der Waals surface area contributed by atoms with E-state index in [9.17, 15) is 23.1 Å². The molecule has 0 bridgehead atoms. The number of carboxylic acid groups (broad SMARTS) is 1. The van der Waals surface area contributed by atoms with E-state index in [1.807, 2.05) is 0 Å². The Morgan fingerprint density at radius 3 is 2.80 bits per heavy atom. The summed E-state index contributed by atoms with van der Waals surface area (Å²) in [5.41, 5.74) is 7.14. The number of carboxylic acids is 1. The Bertz CT molecular complexity index is 1450. The number of benzene rings is 1. The van der Waals surface area contributed by atoms with Crippen LogP contribution in [0.4, 0.5) is 13.2 Å². The summed E-state index contributed by atoms with van der Waals surface area (Å²) in [6.07, 6.45) is -6.54. The number of alkyl halides is 3. The predicted octanol–water partition coefficient (Wildman–Crippen LogP) is 3.63. The molecule has 2 aliphatic rings. The molecule has 2 aromatic heterocycles. The van der Waals surface area contributed by atoms with Crippen LogP contribution >= 0.6 is 34.5 Å². The molecular weight excluding hydrogens is 600 g/mol. The van der Waals surface area contributed by atoms with Crippen molar-refractivity contribution in [3.8, 4) is 5.69 Å². The average Bonchev–Trinajstić information content (AvgIpc) is 3.65. The normalized spacial score (nSPS) is 25.1. The van der Waals surface area contributed by atoms with Crippen LogP contribution in [0.1, 0.15) is 32.9 Å². The van der Waals surface area contributed by atoms with Crippen LogP contribution in [0.3, 0.4) is 0 Å². The smallest absolute Gasteiger partial charge is 0.418 e. The van der Waals surface area contributed by atoms with E-state index in [4.69, 9.17) is 43.2 Å². The lowest BCUT2D eigenvalue weighted by Gasteiger charge is -2.42. The van der Waals surface area contributed by atoms with Gasteiger partial charge in [-0.3, -0.25) is 4.84 Å². The van der Waals surface area contributed by atoms with Gasteiger partial charge in [0.25, 0.3) is 0 Å². The van der Waals surface area contributed by atoms with Gasteiger partial charge in [0.1, 0.15) is 34.6 Å². The van der Waals surface area contributed by atoms with Crippen molar-refractivity contribution in [2.75, 3.05) is 13.7 Å². The van der Waals surface area contributed by atoms with Crippen LogP contribution in [-0.2, 0) is 20.5 Å². The number of nitrogens with two attached hydrogens (primary N) is 1. The second-order valence-electron chi connectivity index (χ2n) is 8.82. The third-order valence-corrected chi connectivity index (χ3v) is 7.81. The van der Waals surface area contributed by atoms with Gasteiger partial charge in [0, 0.05) is 23.7 Å². The summed E-state index contributed by atoms with van der Waals surface area (Å²) < 4.78 is 54.8. The fourth-order valence-corrected chi connectivity index (χ4v) is 5.68. The molecule has 214 valence electrons. The minimum Gasteiger partial charge on any atom is -0.476 e. The first kappa shape index (κ1) is 28.6. The number of aromatic nitrogens is 3. The molecule has 5 unspecified atom stereocenters. The highest BCUT2D eigenvalue weighted by atomic mass is 35.5. The number of methoxy groups -OCH3 is 1. The van der Waals surface area contributed by atoms with Gasteiger partial charge in [0.15, 0.2) is 5.69 Å². The second-order valence-corrected chi connectivity index (χ2v) is 10.5. The molecule has 0 amide bonds. The quantitative estimate of drug-likeness (QED) is 0.309. The second kappa shape index (κ2) is 11.2. The molecule has 11 nitrogen and oxygen atoms in total. The molecule has 3 aromatic rings. The number of nitrogens with one attached hydrogen (secondary N) is 2. The number of hydrogen-bond acceptors (Lipinski definition) is 10. The fraction of sp³-hybridized carbons (Fsp3) is 0.348. The molecular formula is C23H21Cl2F3N6O5S. The Labute approximate surface area is 238 Å². The number of nitrogens with zero attached hydrogens (tertiary/aromatic N) is 3. The topological polar surface area (TPSA) is 146 Å². The van der Waals surface area contributed by atoms with Crippen molar-refractivity contribution in [3.63, 3.8) is 0 Å². The van der Waals surface area contributed by atoms with Crippen LogP contribution in [0.5, 0.6) is 0 Å². The average molecular weight is 621 g/mol. The molecule has 40 heavy (non-hydrogen) atoms. The highest BCUT2D eigenvalue weighted by molar-refractivity contribution is 7.11. The summed E-state index contributed by atoms with van der Waals surface area (Å²) in [7, 11) is 1.38. The maximum Gasteiger partial charge on any atom is 0.418 e. The zero-order chi connectivity index (χ0) is 28.8. The number of thiazole rings is 1. The van der Waals surface area contributed by atoms with Gasteiger partial charge in [-0.1, -0.05) is 23.2 Å². The van der Waals surface area contributed by atoms with Crippen LogP contribution in [-0.4, -0.2) is 63.8 Å². The molecule has 0 saturated carbocycles. The number of ether oxygens (including phenoxy) is 2. The number of rotatable bonds is 7. The third kappa shape index (κ3) is 5.50. The maximum absolute atomic E-state index is 14.0. The first-order valence-electron chi connectivity index (χ1n) is 11.6. The lowest BCUT2D eigenvalue weighted by Crippen LogP contribution is -2.59. The molecule has 1 aromatic carbocycles. The zero-order valence-electron chi connectivity index (χ0n) is 20.4. The molecule has 17 heteroatoms. The van der Waals surface area contributed by atoms with Gasteiger partial charge in [-0.05, 0) is 24.3 Å².